The highest BCUT2D eigenvalue weighted by atomic mass is 79.9. The summed E-state index contributed by atoms with van der Waals surface area (Å²) < 4.78 is 2.97. The van der Waals surface area contributed by atoms with Gasteiger partial charge < -0.3 is 4.57 Å². The van der Waals surface area contributed by atoms with Gasteiger partial charge in [-0.2, -0.15) is 0 Å². The van der Waals surface area contributed by atoms with Crippen molar-refractivity contribution in [2.45, 2.75) is 26.2 Å². The Morgan fingerprint density at radius 3 is 2.71 bits per heavy atom. The fourth-order valence-electron chi connectivity index (χ4n) is 2.46. The number of fused-ring (bicyclic) bond motifs is 1. The summed E-state index contributed by atoms with van der Waals surface area (Å²) in [5.41, 5.74) is 3.17. The van der Waals surface area contributed by atoms with Crippen LogP contribution in [0.4, 0.5) is 0 Å². The predicted molar refractivity (Wildman–Crippen MR) is 87.2 cm³/mol. The van der Waals surface area contributed by atoms with E-state index in [1.807, 2.05) is 31.3 Å². The summed E-state index contributed by atoms with van der Waals surface area (Å²) in [6, 6.07) is 10.1. The van der Waals surface area contributed by atoms with E-state index >= 15 is 0 Å². The average Bonchev–Trinajstić information content (AvgIpc) is 2.76. The number of benzene rings is 1. The Kier molecular flexibility index (Phi) is 4.01. The van der Waals surface area contributed by atoms with Gasteiger partial charge in [0.2, 0.25) is 0 Å². The standard InChI is InChI=1S/C16H17BrN4/c1-3-6-15-18-11(9-14(17)20-15)10-16-19-12-7-4-5-8-13(12)21(16)2/h4-5,7-9H,3,6,10H2,1-2H3. The van der Waals surface area contributed by atoms with Crippen LogP contribution >= 0.6 is 15.9 Å². The van der Waals surface area contributed by atoms with Crippen LogP contribution in [0, 0.1) is 0 Å². The van der Waals surface area contributed by atoms with Crippen LogP contribution in [-0.4, -0.2) is 19.5 Å². The first-order valence-electron chi connectivity index (χ1n) is 7.10. The van der Waals surface area contributed by atoms with Gasteiger partial charge in [-0.15, -0.1) is 0 Å². The van der Waals surface area contributed by atoms with Gasteiger partial charge in [0.15, 0.2) is 0 Å². The van der Waals surface area contributed by atoms with Crippen LogP contribution in [-0.2, 0) is 19.9 Å². The molecule has 0 radical (unpaired) electrons. The molecule has 3 rings (SSSR count). The number of rotatable bonds is 4. The molecule has 4 nitrogen and oxygen atoms in total. The zero-order valence-corrected chi connectivity index (χ0v) is 13.8. The zero-order valence-electron chi connectivity index (χ0n) is 12.2. The smallest absolute Gasteiger partial charge is 0.129 e. The molecular formula is C16H17BrN4. The predicted octanol–water partition coefficient (Wildman–Crippen LogP) is 3.67. The van der Waals surface area contributed by atoms with Crippen LogP contribution in [0.25, 0.3) is 11.0 Å². The molecule has 0 spiro atoms. The third-order valence-corrected chi connectivity index (χ3v) is 3.89. The number of aromatic nitrogens is 4. The molecule has 3 aromatic rings. The highest BCUT2D eigenvalue weighted by Crippen LogP contribution is 2.18. The maximum atomic E-state index is 4.70. The van der Waals surface area contributed by atoms with Gasteiger partial charge in [0, 0.05) is 19.9 Å². The normalized spacial score (nSPS) is 11.2. The second-order valence-corrected chi connectivity index (χ2v) is 5.91. The van der Waals surface area contributed by atoms with Crippen molar-refractivity contribution in [1.82, 2.24) is 19.5 Å². The molecule has 0 atom stereocenters. The van der Waals surface area contributed by atoms with Gasteiger partial charge in [0.25, 0.3) is 0 Å². The molecule has 0 unspecified atom stereocenters. The molecule has 1 aromatic carbocycles. The van der Waals surface area contributed by atoms with Crippen molar-refractivity contribution in [1.29, 1.82) is 0 Å². The van der Waals surface area contributed by atoms with Gasteiger partial charge in [-0.05, 0) is 40.5 Å². The molecule has 21 heavy (non-hydrogen) atoms. The number of hydrogen-bond donors (Lipinski definition) is 0. The first kappa shape index (κ1) is 14.2. The monoisotopic (exact) mass is 344 g/mol. The number of aryl methyl sites for hydroxylation is 2. The van der Waals surface area contributed by atoms with Crippen LogP contribution in [0.15, 0.2) is 34.9 Å². The van der Waals surface area contributed by atoms with Crippen LogP contribution in [0.5, 0.6) is 0 Å². The van der Waals surface area contributed by atoms with Crippen molar-refractivity contribution in [3.8, 4) is 0 Å². The minimum Gasteiger partial charge on any atom is -0.331 e. The minimum absolute atomic E-state index is 0.711. The lowest BCUT2D eigenvalue weighted by atomic mass is 10.2. The molecule has 108 valence electrons. The van der Waals surface area contributed by atoms with Crippen molar-refractivity contribution in [2.75, 3.05) is 0 Å². The summed E-state index contributed by atoms with van der Waals surface area (Å²) in [5, 5.41) is 0. The van der Waals surface area contributed by atoms with E-state index in [9.17, 15) is 0 Å². The molecule has 0 amide bonds. The topological polar surface area (TPSA) is 43.6 Å². The second-order valence-electron chi connectivity index (χ2n) is 5.10. The third kappa shape index (κ3) is 2.97. The molecule has 0 bridgehead atoms. The maximum Gasteiger partial charge on any atom is 0.129 e. The number of para-hydroxylation sites is 2. The molecule has 0 aliphatic carbocycles. The fraction of sp³-hybridized carbons (Fsp3) is 0.312. The fourth-order valence-corrected chi connectivity index (χ4v) is 2.93. The van der Waals surface area contributed by atoms with Crippen molar-refractivity contribution in [3.63, 3.8) is 0 Å². The van der Waals surface area contributed by atoms with Crippen molar-refractivity contribution < 1.29 is 0 Å². The van der Waals surface area contributed by atoms with E-state index in [0.717, 1.165) is 45.8 Å². The van der Waals surface area contributed by atoms with Gasteiger partial charge >= 0.3 is 0 Å². The highest BCUT2D eigenvalue weighted by molar-refractivity contribution is 9.10. The Hall–Kier alpha value is -1.75. The summed E-state index contributed by atoms with van der Waals surface area (Å²) in [6.45, 7) is 2.13. The van der Waals surface area contributed by atoms with Gasteiger partial charge in [-0.25, -0.2) is 15.0 Å². The molecule has 0 aliphatic heterocycles. The number of halogens is 1. The van der Waals surface area contributed by atoms with E-state index < -0.39 is 0 Å². The lowest BCUT2D eigenvalue weighted by molar-refractivity contribution is 0.787. The number of imidazole rings is 1. The van der Waals surface area contributed by atoms with Crippen molar-refractivity contribution in [2.24, 2.45) is 7.05 Å². The first-order chi connectivity index (χ1) is 10.2. The van der Waals surface area contributed by atoms with Gasteiger partial charge in [0.1, 0.15) is 16.3 Å². The molecule has 2 heterocycles. The van der Waals surface area contributed by atoms with E-state index in [4.69, 9.17) is 4.98 Å². The van der Waals surface area contributed by atoms with E-state index in [1.165, 1.54) is 0 Å². The average molecular weight is 345 g/mol. The third-order valence-electron chi connectivity index (χ3n) is 3.49. The highest BCUT2D eigenvalue weighted by Gasteiger charge is 2.10. The number of nitrogens with zero attached hydrogens (tertiary/aromatic N) is 4. The van der Waals surface area contributed by atoms with Gasteiger partial charge in [-0.3, -0.25) is 0 Å². The molecule has 0 saturated carbocycles. The lowest BCUT2D eigenvalue weighted by Gasteiger charge is -2.05. The molecule has 0 saturated heterocycles. The Bertz CT molecular complexity index is 779. The van der Waals surface area contributed by atoms with E-state index in [1.54, 1.807) is 0 Å². The Morgan fingerprint density at radius 1 is 1.14 bits per heavy atom. The van der Waals surface area contributed by atoms with Crippen LogP contribution in [0.2, 0.25) is 0 Å². The SMILES string of the molecule is CCCc1nc(Br)cc(Cc2nc3ccccc3n2C)n1. The Labute approximate surface area is 132 Å². The zero-order chi connectivity index (χ0) is 14.8. The van der Waals surface area contributed by atoms with E-state index in [0.29, 0.717) is 6.42 Å². The molecule has 0 fully saturated rings. The van der Waals surface area contributed by atoms with E-state index in [-0.39, 0.29) is 0 Å². The van der Waals surface area contributed by atoms with E-state index in [2.05, 4.69) is 43.5 Å². The van der Waals surface area contributed by atoms with Crippen LogP contribution in [0.1, 0.15) is 30.7 Å². The number of hydrogen-bond acceptors (Lipinski definition) is 3. The molecule has 0 N–H and O–H groups in total. The quantitative estimate of drug-likeness (QED) is 0.678. The summed E-state index contributed by atoms with van der Waals surface area (Å²) in [4.78, 5) is 13.7. The second kappa shape index (κ2) is 5.93. The van der Waals surface area contributed by atoms with Gasteiger partial charge in [-0.1, -0.05) is 19.1 Å². The Morgan fingerprint density at radius 2 is 1.95 bits per heavy atom. The maximum absolute atomic E-state index is 4.70. The largest absolute Gasteiger partial charge is 0.331 e. The minimum atomic E-state index is 0.711. The van der Waals surface area contributed by atoms with Crippen LogP contribution in [0.3, 0.4) is 0 Å². The molecular weight excluding hydrogens is 328 g/mol. The van der Waals surface area contributed by atoms with Crippen molar-refractivity contribution >= 4 is 27.0 Å². The summed E-state index contributed by atoms with van der Waals surface area (Å²) >= 11 is 3.47. The van der Waals surface area contributed by atoms with Crippen molar-refractivity contribution in [3.05, 3.63) is 52.3 Å². The molecule has 5 heteroatoms. The van der Waals surface area contributed by atoms with Crippen LogP contribution < -0.4 is 0 Å². The summed E-state index contributed by atoms with van der Waals surface area (Å²) in [5.74, 6) is 1.91. The lowest BCUT2D eigenvalue weighted by Crippen LogP contribution is -2.04. The Balaban J connectivity index is 1.96. The van der Waals surface area contributed by atoms with Gasteiger partial charge in [0.05, 0.1) is 16.7 Å². The summed E-state index contributed by atoms with van der Waals surface area (Å²) in [7, 11) is 2.05. The molecule has 0 aliphatic rings. The first-order valence-corrected chi connectivity index (χ1v) is 7.89. The molecule has 2 aromatic heterocycles. The summed E-state index contributed by atoms with van der Waals surface area (Å²) in [6.07, 6.45) is 2.65.